The molecule has 0 amide bonds. The zero-order valence-corrected chi connectivity index (χ0v) is 13.2. The molecule has 1 saturated carbocycles. The van der Waals surface area contributed by atoms with Crippen molar-refractivity contribution in [2.75, 3.05) is 33.7 Å². The quantitative estimate of drug-likeness (QED) is 0.825. The Hall–Kier alpha value is -0.120. The van der Waals surface area contributed by atoms with Crippen LogP contribution in [0.25, 0.3) is 0 Å². The van der Waals surface area contributed by atoms with E-state index in [2.05, 4.69) is 36.1 Å². The van der Waals surface area contributed by atoms with E-state index in [1.54, 1.807) is 0 Å². The Morgan fingerprint density at radius 1 is 1.11 bits per heavy atom. The fourth-order valence-electron chi connectivity index (χ4n) is 3.82. The van der Waals surface area contributed by atoms with E-state index in [4.69, 9.17) is 0 Å². The Morgan fingerprint density at radius 3 is 2.63 bits per heavy atom. The third-order valence-corrected chi connectivity index (χ3v) is 5.01. The van der Waals surface area contributed by atoms with Gasteiger partial charge in [-0.1, -0.05) is 19.8 Å². The summed E-state index contributed by atoms with van der Waals surface area (Å²) in [7, 11) is 4.48. The summed E-state index contributed by atoms with van der Waals surface area (Å²) in [6.07, 6.45) is 9.64. The molecular formula is C16H33N3. The average molecular weight is 267 g/mol. The van der Waals surface area contributed by atoms with Crippen molar-refractivity contribution >= 4 is 0 Å². The minimum atomic E-state index is 0.745. The second kappa shape index (κ2) is 7.61. The summed E-state index contributed by atoms with van der Waals surface area (Å²) in [5, 5.41) is 3.81. The van der Waals surface area contributed by atoms with Gasteiger partial charge >= 0.3 is 0 Å². The van der Waals surface area contributed by atoms with Crippen LogP contribution in [0.4, 0.5) is 0 Å². The van der Waals surface area contributed by atoms with Crippen LogP contribution in [0.3, 0.4) is 0 Å². The standard InChI is InChI=1S/C16H33N3/c1-4-11-17-15-9-5-6-10-16(15)19-12-7-8-14(13-19)18(2)3/h14-17H,4-13H2,1-3H3. The third-order valence-electron chi connectivity index (χ3n) is 5.01. The largest absolute Gasteiger partial charge is 0.312 e. The molecule has 2 aliphatic rings. The average Bonchev–Trinajstić information content (AvgIpc) is 2.45. The van der Waals surface area contributed by atoms with Gasteiger partial charge < -0.3 is 10.2 Å². The Bertz CT molecular complexity index is 254. The van der Waals surface area contributed by atoms with E-state index < -0.39 is 0 Å². The van der Waals surface area contributed by atoms with Gasteiger partial charge in [-0.15, -0.1) is 0 Å². The molecule has 1 aliphatic carbocycles. The third kappa shape index (κ3) is 4.17. The molecule has 3 unspecified atom stereocenters. The highest BCUT2D eigenvalue weighted by Crippen LogP contribution is 2.26. The summed E-state index contributed by atoms with van der Waals surface area (Å²) < 4.78 is 0. The van der Waals surface area contributed by atoms with Crippen LogP contribution < -0.4 is 5.32 Å². The molecule has 0 aromatic heterocycles. The first-order valence-electron chi connectivity index (χ1n) is 8.36. The van der Waals surface area contributed by atoms with Crippen molar-refractivity contribution in [1.29, 1.82) is 0 Å². The van der Waals surface area contributed by atoms with Crippen LogP contribution in [0.15, 0.2) is 0 Å². The smallest absolute Gasteiger partial charge is 0.0250 e. The van der Waals surface area contributed by atoms with Crippen molar-refractivity contribution < 1.29 is 0 Å². The van der Waals surface area contributed by atoms with Crippen LogP contribution in [0, 0.1) is 0 Å². The first kappa shape index (κ1) is 15.3. The van der Waals surface area contributed by atoms with Crippen molar-refractivity contribution in [3.05, 3.63) is 0 Å². The number of nitrogens with zero attached hydrogens (tertiary/aromatic N) is 2. The lowest BCUT2D eigenvalue weighted by Gasteiger charge is -2.45. The van der Waals surface area contributed by atoms with Crippen LogP contribution in [-0.4, -0.2) is 61.7 Å². The molecule has 2 rings (SSSR count). The fraction of sp³-hybridized carbons (Fsp3) is 1.00. The monoisotopic (exact) mass is 267 g/mol. The molecule has 3 nitrogen and oxygen atoms in total. The summed E-state index contributed by atoms with van der Waals surface area (Å²) in [4.78, 5) is 5.21. The van der Waals surface area contributed by atoms with Gasteiger partial charge in [-0.2, -0.15) is 0 Å². The molecule has 3 heteroatoms. The number of likely N-dealkylation sites (N-methyl/N-ethyl adjacent to an activating group) is 1. The maximum Gasteiger partial charge on any atom is 0.0250 e. The Labute approximate surface area is 119 Å². The van der Waals surface area contributed by atoms with Crippen molar-refractivity contribution in [1.82, 2.24) is 15.1 Å². The first-order chi connectivity index (χ1) is 9.22. The van der Waals surface area contributed by atoms with Gasteiger partial charge in [-0.3, -0.25) is 4.90 Å². The highest BCUT2D eigenvalue weighted by atomic mass is 15.2. The zero-order valence-electron chi connectivity index (χ0n) is 13.2. The summed E-state index contributed by atoms with van der Waals surface area (Å²) in [6.45, 7) is 6.06. The normalized spacial score (nSPS) is 33.8. The van der Waals surface area contributed by atoms with Crippen LogP contribution in [0.2, 0.25) is 0 Å². The molecule has 2 fully saturated rings. The minimum Gasteiger partial charge on any atom is -0.312 e. The molecule has 1 aliphatic heterocycles. The number of hydrogen-bond acceptors (Lipinski definition) is 3. The van der Waals surface area contributed by atoms with Gasteiger partial charge in [0.25, 0.3) is 0 Å². The summed E-state index contributed by atoms with van der Waals surface area (Å²) in [5.74, 6) is 0. The van der Waals surface area contributed by atoms with Gasteiger partial charge in [-0.05, 0) is 59.3 Å². The van der Waals surface area contributed by atoms with Crippen LogP contribution in [0.5, 0.6) is 0 Å². The summed E-state index contributed by atoms with van der Waals surface area (Å²) >= 11 is 0. The van der Waals surface area contributed by atoms with E-state index in [-0.39, 0.29) is 0 Å². The van der Waals surface area contributed by atoms with Crippen molar-refractivity contribution in [3.63, 3.8) is 0 Å². The number of piperidine rings is 1. The predicted molar refractivity (Wildman–Crippen MR) is 82.6 cm³/mol. The molecular weight excluding hydrogens is 234 g/mol. The van der Waals surface area contributed by atoms with Gasteiger partial charge in [0.15, 0.2) is 0 Å². The molecule has 1 heterocycles. The van der Waals surface area contributed by atoms with Gasteiger partial charge in [0.05, 0.1) is 0 Å². The number of likely N-dealkylation sites (tertiary alicyclic amines) is 1. The van der Waals surface area contributed by atoms with E-state index in [1.807, 2.05) is 0 Å². The Balaban J connectivity index is 1.92. The molecule has 1 saturated heterocycles. The SMILES string of the molecule is CCCNC1CCCCC1N1CCCC(N(C)C)C1. The molecule has 112 valence electrons. The Kier molecular flexibility index (Phi) is 6.11. The van der Waals surface area contributed by atoms with Crippen LogP contribution in [-0.2, 0) is 0 Å². The molecule has 0 radical (unpaired) electrons. The predicted octanol–water partition coefficient (Wildman–Crippen LogP) is 2.32. The van der Waals surface area contributed by atoms with Gasteiger partial charge in [0, 0.05) is 24.7 Å². The fourth-order valence-corrected chi connectivity index (χ4v) is 3.82. The molecule has 3 atom stereocenters. The maximum atomic E-state index is 3.81. The number of nitrogens with one attached hydrogen (secondary N) is 1. The van der Waals surface area contributed by atoms with Crippen molar-refractivity contribution in [2.45, 2.75) is 70.0 Å². The number of rotatable bonds is 5. The lowest BCUT2D eigenvalue weighted by molar-refractivity contribution is 0.0607. The summed E-state index contributed by atoms with van der Waals surface area (Å²) in [5.41, 5.74) is 0. The lowest BCUT2D eigenvalue weighted by atomic mass is 9.87. The van der Waals surface area contributed by atoms with E-state index in [0.717, 1.165) is 18.1 Å². The van der Waals surface area contributed by atoms with Crippen molar-refractivity contribution in [3.8, 4) is 0 Å². The van der Waals surface area contributed by atoms with Crippen molar-refractivity contribution in [2.24, 2.45) is 0 Å². The van der Waals surface area contributed by atoms with Gasteiger partial charge in [0.1, 0.15) is 0 Å². The van der Waals surface area contributed by atoms with E-state index >= 15 is 0 Å². The van der Waals surface area contributed by atoms with Gasteiger partial charge in [0.2, 0.25) is 0 Å². The minimum absolute atomic E-state index is 0.745. The van der Waals surface area contributed by atoms with Crippen LogP contribution >= 0.6 is 0 Å². The lowest BCUT2D eigenvalue weighted by Crippen LogP contribution is -2.56. The highest BCUT2D eigenvalue weighted by Gasteiger charge is 2.33. The molecule has 0 bridgehead atoms. The maximum absolute atomic E-state index is 3.81. The molecule has 19 heavy (non-hydrogen) atoms. The summed E-state index contributed by atoms with van der Waals surface area (Å²) in [6, 6.07) is 2.31. The number of hydrogen-bond donors (Lipinski definition) is 1. The second-order valence-electron chi connectivity index (χ2n) is 6.67. The molecule has 1 N–H and O–H groups in total. The topological polar surface area (TPSA) is 18.5 Å². The van der Waals surface area contributed by atoms with E-state index in [1.165, 1.54) is 64.6 Å². The zero-order chi connectivity index (χ0) is 13.7. The highest BCUT2D eigenvalue weighted by molar-refractivity contribution is 4.91. The molecule has 0 aromatic rings. The van der Waals surface area contributed by atoms with E-state index in [9.17, 15) is 0 Å². The van der Waals surface area contributed by atoms with E-state index in [0.29, 0.717) is 0 Å². The first-order valence-corrected chi connectivity index (χ1v) is 8.36. The van der Waals surface area contributed by atoms with Gasteiger partial charge in [-0.25, -0.2) is 0 Å². The second-order valence-corrected chi connectivity index (χ2v) is 6.67. The Morgan fingerprint density at radius 2 is 1.89 bits per heavy atom. The molecule has 0 spiro atoms. The van der Waals surface area contributed by atoms with Crippen LogP contribution in [0.1, 0.15) is 51.9 Å². The molecule has 0 aromatic carbocycles.